The minimum absolute atomic E-state index is 0.260. The van der Waals surface area contributed by atoms with Gasteiger partial charge in [-0.3, -0.25) is 0 Å². The SMILES string of the molecule is Oc1ccccc1P(c1ccccc1)c1ccccc1O. The first-order valence-corrected chi connectivity index (χ1v) is 8.03. The molecular weight excluding hydrogens is 279 g/mol. The molecule has 0 unspecified atom stereocenters. The van der Waals surface area contributed by atoms with Crippen LogP contribution in [-0.2, 0) is 0 Å². The van der Waals surface area contributed by atoms with Gasteiger partial charge in [0.1, 0.15) is 11.5 Å². The van der Waals surface area contributed by atoms with Gasteiger partial charge in [0.2, 0.25) is 0 Å². The van der Waals surface area contributed by atoms with E-state index in [1.807, 2.05) is 66.7 Å². The topological polar surface area (TPSA) is 40.5 Å². The Balaban J connectivity index is 2.22. The first-order chi connectivity index (χ1) is 10.3. The molecule has 3 aromatic rings. The zero-order valence-corrected chi connectivity index (χ0v) is 12.2. The van der Waals surface area contributed by atoms with Crippen LogP contribution in [0.4, 0.5) is 0 Å². The van der Waals surface area contributed by atoms with Crippen molar-refractivity contribution in [1.82, 2.24) is 0 Å². The van der Waals surface area contributed by atoms with Gasteiger partial charge in [0.05, 0.1) is 0 Å². The molecule has 0 amide bonds. The number of hydrogen-bond donors (Lipinski definition) is 2. The zero-order valence-electron chi connectivity index (χ0n) is 11.3. The monoisotopic (exact) mass is 294 g/mol. The Morgan fingerprint density at radius 3 is 1.43 bits per heavy atom. The second-order valence-corrected chi connectivity index (χ2v) is 6.80. The molecule has 0 aliphatic carbocycles. The molecule has 0 atom stereocenters. The van der Waals surface area contributed by atoms with Crippen LogP contribution in [0.5, 0.6) is 11.5 Å². The Morgan fingerprint density at radius 2 is 0.952 bits per heavy atom. The van der Waals surface area contributed by atoms with E-state index < -0.39 is 7.92 Å². The van der Waals surface area contributed by atoms with Gasteiger partial charge in [-0.05, 0) is 25.4 Å². The number of aromatic hydroxyl groups is 2. The fourth-order valence-corrected chi connectivity index (χ4v) is 4.66. The maximum absolute atomic E-state index is 10.2. The lowest BCUT2D eigenvalue weighted by Gasteiger charge is -2.20. The summed E-state index contributed by atoms with van der Waals surface area (Å²) in [6, 6.07) is 24.6. The van der Waals surface area contributed by atoms with Crippen LogP contribution in [0.25, 0.3) is 0 Å². The lowest BCUT2D eigenvalue weighted by Crippen LogP contribution is -2.21. The Morgan fingerprint density at radius 1 is 0.524 bits per heavy atom. The molecule has 3 aromatic carbocycles. The predicted octanol–water partition coefficient (Wildman–Crippen LogP) is 2.86. The molecule has 21 heavy (non-hydrogen) atoms. The molecule has 0 heterocycles. The molecule has 0 aromatic heterocycles. The van der Waals surface area contributed by atoms with Crippen molar-refractivity contribution in [1.29, 1.82) is 0 Å². The van der Waals surface area contributed by atoms with E-state index in [1.165, 1.54) is 0 Å². The highest BCUT2D eigenvalue weighted by Crippen LogP contribution is 2.38. The second kappa shape index (κ2) is 5.99. The summed E-state index contributed by atoms with van der Waals surface area (Å²) in [6.07, 6.45) is 0. The van der Waals surface area contributed by atoms with Gasteiger partial charge in [-0.2, -0.15) is 0 Å². The van der Waals surface area contributed by atoms with Gasteiger partial charge in [-0.15, -0.1) is 0 Å². The summed E-state index contributed by atoms with van der Waals surface area (Å²) in [5, 5.41) is 23.2. The van der Waals surface area contributed by atoms with Gasteiger partial charge in [-0.1, -0.05) is 66.7 Å². The van der Waals surface area contributed by atoms with E-state index in [2.05, 4.69) is 0 Å². The molecular formula is C18H15O2P. The van der Waals surface area contributed by atoms with Crippen molar-refractivity contribution in [3.05, 3.63) is 78.9 Å². The number of para-hydroxylation sites is 2. The molecule has 0 saturated heterocycles. The lowest BCUT2D eigenvalue weighted by molar-refractivity contribution is 0.479. The Kier molecular flexibility index (Phi) is 3.89. The smallest absolute Gasteiger partial charge is 0.123 e. The Bertz CT molecular complexity index is 695. The van der Waals surface area contributed by atoms with E-state index in [4.69, 9.17) is 0 Å². The second-order valence-electron chi connectivity index (χ2n) is 4.65. The molecule has 2 N–H and O–H groups in total. The normalized spacial score (nSPS) is 10.7. The van der Waals surface area contributed by atoms with Crippen LogP contribution in [-0.4, -0.2) is 10.2 Å². The summed E-state index contributed by atoms with van der Waals surface area (Å²) < 4.78 is 0. The molecule has 0 aliphatic heterocycles. The van der Waals surface area contributed by atoms with E-state index in [1.54, 1.807) is 12.1 Å². The molecule has 2 nitrogen and oxygen atoms in total. The van der Waals surface area contributed by atoms with Crippen molar-refractivity contribution in [3.63, 3.8) is 0 Å². The number of rotatable bonds is 3. The van der Waals surface area contributed by atoms with Crippen LogP contribution in [0.1, 0.15) is 0 Å². The average Bonchev–Trinajstić information content (AvgIpc) is 2.52. The number of hydrogen-bond acceptors (Lipinski definition) is 2. The third-order valence-electron chi connectivity index (χ3n) is 3.26. The highest BCUT2D eigenvalue weighted by Gasteiger charge is 2.21. The molecule has 0 aliphatic rings. The lowest BCUT2D eigenvalue weighted by atomic mass is 10.3. The highest BCUT2D eigenvalue weighted by molar-refractivity contribution is 7.80. The van der Waals surface area contributed by atoms with Gasteiger partial charge < -0.3 is 10.2 Å². The van der Waals surface area contributed by atoms with Crippen LogP contribution in [0.3, 0.4) is 0 Å². The predicted molar refractivity (Wildman–Crippen MR) is 88.5 cm³/mol. The summed E-state index contributed by atoms with van der Waals surface area (Å²) in [7, 11) is -0.988. The highest BCUT2D eigenvalue weighted by atomic mass is 31.1. The summed E-state index contributed by atoms with van der Waals surface area (Å²) in [6.45, 7) is 0. The first kappa shape index (κ1) is 13.7. The van der Waals surface area contributed by atoms with E-state index in [9.17, 15) is 10.2 Å². The van der Waals surface area contributed by atoms with Gasteiger partial charge in [0.25, 0.3) is 0 Å². The standard InChI is InChI=1S/C18H15O2P/c19-15-10-4-6-12-17(15)21(14-8-2-1-3-9-14)18-13-7-5-11-16(18)20/h1-13,19-20H. The van der Waals surface area contributed by atoms with E-state index in [0.717, 1.165) is 15.9 Å². The molecule has 104 valence electrons. The largest absolute Gasteiger partial charge is 0.507 e. The fourth-order valence-electron chi connectivity index (χ4n) is 2.29. The molecule has 3 heteroatoms. The average molecular weight is 294 g/mol. The molecule has 0 radical (unpaired) electrons. The van der Waals surface area contributed by atoms with Crippen molar-refractivity contribution >= 4 is 23.8 Å². The molecule has 0 spiro atoms. The van der Waals surface area contributed by atoms with Crippen LogP contribution >= 0.6 is 7.92 Å². The third-order valence-corrected chi connectivity index (χ3v) is 5.79. The molecule has 3 rings (SSSR count). The minimum Gasteiger partial charge on any atom is -0.507 e. The quantitative estimate of drug-likeness (QED) is 0.729. The number of phenolic OH excluding ortho intramolecular Hbond substituents is 2. The van der Waals surface area contributed by atoms with E-state index in [0.29, 0.717) is 0 Å². The third kappa shape index (κ3) is 2.76. The molecule has 0 bridgehead atoms. The first-order valence-electron chi connectivity index (χ1n) is 6.68. The summed E-state index contributed by atoms with van der Waals surface area (Å²) in [4.78, 5) is 0. The van der Waals surface area contributed by atoms with Gasteiger partial charge >= 0.3 is 0 Å². The molecule has 0 saturated carbocycles. The van der Waals surface area contributed by atoms with E-state index in [-0.39, 0.29) is 11.5 Å². The Labute approximate surface area is 125 Å². The summed E-state index contributed by atoms with van der Waals surface area (Å²) in [5.74, 6) is 0.520. The maximum atomic E-state index is 10.2. The minimum atomic E-state index is -0.988. The van der Waals surface area contributed by atoms with Crippen molar-refractivity contribution < 1.29 is 10.2 Å². The van der Waals surface area contributed by atoms with Crippen molar-refractivity contribution in [3.8, 4) is 11.5 Å². The van der Waals surface area contributed by atoms with E-state index >= 15 is 0 Å². The van der Waals surface area contributed by atoms with Crippen LogP contribution in [0.15, 0.2) is 78.9 Å². The maximum Gasteiger partial charge on any atom is 0.123 e. The fraction of sp³-hybridized carbons (Fsp3) is 0. The van der Waals surface area contributed by atoms with Crippen molar-refractivity contribution in [2.45, 2.75) is 0 Å². The van der Waals surface area contributed by atoms with Crippen LogP contribution in [0.2, 0.25) is 0 Å². The van der Waals surface area contributed by atoms with Gasteiger partial charge in [-0.25, -0.2) is 0 Å². The number of benzene rings is 3. The van der Waals surface area contributed by atoms with Crippen molar-refractivity contribution in [2.24, 2.45) is 0 Å². The van der Waals surface area contributed by atoms with Gasteiger partial charge in [0.15, 0.2) is 0 Å². The summed E-state index contributed by atoms with van der Waals surface area (Å²) in [5.41, 5.74) is 0. The summed E-state index contributed by atoms with van der Waals surface area (Å²) >= 11 is 0. The zero-order chi connectivity index (χ0) is 14.7. The Hall–Kier alpha value is -2.31. The van der Waals surface area contributed by atoms with Crippen molar-refractivity contribution in [2.75, 3.05) is 0 Å². The van der Waals surface area contributed by atoms with Gasteiger partial charge in [0, 0.05) is 10.6 Å². The van der Waals surface area contributed by atoms with Crippen LogP contribution in [0, 0.1) is 0 Å². The van der Waals surface area contributed by atoms with Crippen LogP contribution < -0.4 is 15.9 Å². The molecule has 0 fully saturated rings. The number of phenols is 2.